The summed E-state index contributed by atoms with van der Waals surface area (Å²) >= 11 is 0. The molecule has 7 heteroatoms. The number of ether oxygens (including phenoxy) is 1. The fourth-order valence-electron chi connectivity index (χ4n) is 0.796. The summed E-state index contributed by atoms with van der Waals surface area (Å²) in [6.07, 6.45) is -3.39. The first kappa shape index (κ1) is 11.5. The van der Waals surface area contributed by atoms with Gasteiger partial charge in [0.1, 0.15) is 0 Å². The van der Waals surface area contributed by atoms with Gasteiger partial charge in [0.05, 0.1) is 5.56 Å². The lowest BCUT2D eigenvalue weighted by Crippen LogP contribution is -2.15. The van der Waals surface area contributed by atoms with Gasteiger partial charge in [0.15, 0.2) is 0 Å². The molecule has 0 aliphatic heterocycles. The molecule has 0 fully saturated rings. The summed E-state index contributed by atoms with van der Waals surface area (Å²) in [5.41, 5.74) is 0.120. The topological polar surface area (TPSA) is 99.1 Å². The molecular formula is C9H6O7. The molecule has 0 aliphatic rings. The van der Waals surface area contributed by atoms with Crippen LogP contribution in [0.15, 0.2) is 30.3 Å². The van der Waals surface area contributed by atoms with E-state index in [1.54, 1.807) is 18.2 Å². The first-order chi connectivity index (χ1) is 7.59. The molecule has 7 nitrogen and oxygen atoms in total. The molecule has 0 aliphatic carbocycles. The van der Waals surface area contributed by atoms with E-state index in [0.717, 1.165) is 0 Å². The molecule has 0 amide bonds. The van der Waals surface area contributed by atoms with E-state index in [0.29, 0.717) is 0 Å². The number of hydrogen-bond donors (Lipinski definition) is 1. The van der Waals surface area contributed by atoms with Crippen LogP contribution in [0.4, 0.5) is 9.59 Å². The van der Waals surface area contributed by atoms with Crippen molar-refractivity contribution in [3.8, 4) is 0 Å². The van der Waals surface area contributed by atoms with Crippen molar-refractivity contribution in [3.05, 3.63) is 35.9 Å². The van der Waals surface area contributed by atoms with Crippen molar-refractivity contribution in [1.29, 1.82) is 0 Å². The van der Waals surface area contributed by atoms with Gasteiger partial charge in [0.25, 0.3) is 0 Å². The van der Waals surface area contributed by atoms with Crippen LogP contribution in [0.25, 0.3) is 0 Å². The van der Waals surface area contributed by atoms with Crippen molar-refractivity contribution >= 4 is 18.3 Å². The fraction of sp³-hybridized carbons (Fsp3) is 0. The Morgan fingerprint density at radius 3 is 2.19 bits per heavy atom. The van der Waals surface area contributed by atoms with Gasteiger partial charge < -0.3 is 9.84 Å². The Hall–Kier alpha value is -2.57. The van der Waals surface area contributed by atoms with Crippen molar-refractivity contribution in [2.24, 2.45) is 0 Å². The van der Waals surface area contributed by atoms with E-state index in [9.17, 15) is 14.4 Å². The van der Waals surface area contributed by atoms with Crippen LogP contribution < -0.4 is 0 Å². The van der Waals surface area contributed by atoms with Gasteiger partial charge in [-0.05, 0) is 12.1 Å². The van der Waals surface area contributed by atoms with Crippen LogP contribution >= 0.6 is 0 Å². The molecule has 0 radical (unpaired) electrons. The molecule has 0 saturated carbocycles. The van der Waals surface area contributed by atoms with Crippen molar-refractivity contribution in [2.75, 3.05) is 0 Å². The third-order valence-electron chi connectivity index (χ3n) is 1.37. The summed E-state index contributed by atoms with van der Waals surface area (Å²) in [5, 5.41) is 7.97. The highest BCUT2D eigenvalue weighted by molar-refractivity contribution is 5.95. The third-order valence-corrected chi connectivity index (χ3v) is 1.37. The molecule has 1 N–H and O–H groups in total. The molecular weight excluding hydrogens is 220 g/mol. The fourth-order valence-corrected chi connectivity index (χ4v) is 0.796. The van der Waals surface area contributed by atoms with E-state index in [1.165, 1.54) is 12.1 Å². The van der Waals surface area contributed by atoms with E-state index >= 15 is 0 Å². The SMILES string of the molecule is O=C(O)OOC(=O)OC(=O)c1ccccc1. The maximum atomic E-state index is 11.2. The smallest absolute Gasteiger partial charge is 0.447 e. The lowest BCUT2D eigenvalue weighted by molar-refractivity contribution is -0.208. The third kappa shape index (κ3) is 3.66. The monoisotopic (exact) mass is 226 g/mol. The van der Waals surface area contributed by atoms with Crippen LogP contribution in [0.1, 0.15) is 10.4 Å². The zero-order valence-electron chi connectivity index (χ0n) is 7.78. The molecule has 1 rings (SSSR count). The Morgan fingerprint density at radius 1 is 1.00 bits per heavy atom. The molecule has 0 saturated heterocycles. The number of carbonyl (C=O) groups excluding carboxylic acids is 2. The zero-order chi connectivity index (χ0) is 12.0. The standard InChI is InChI=1S/C9H6O7/c10-7(6-4-2-1-3-5-6)14-9(13)16-15-8(11)12/h1-5H,(H,11,12). The largest absolute Gasteiger partial charge is 0.558 e. The molecule has 1 aromatic rings. The van der Waals surface area contributed by atoms with Crippen molar-refractivity contribution in [2.45, 2.75) is 0 Å². The summed E-state index contributed by atoms with van der Waals surface area (Å²) in [5.74, 6) is -0.973. The normalized spacial score (nSPS) is 9.00. The minimum absolute atomic E-state index is 0.120. The average Bonchev–Trinajstić information content (AvgIpc) is 2.27. The lowest BCUT2D eigenvalue weighted by Gasteiger charge is -2.00. The average molecular weight is 226 g/mol. The Bertz CT molecular complexity index is 398. The second-order valence-corrected chi connectivity index (χ2v) is 2.44. The van der Waals surface area contributed by atoms with E-state index in [-0.39, 0.29) is 5.56 Å². The molecule has 16 heavy (non-hydrogen) atoms. The molecule has 0 heterocycles. The number of rotatable bonds is 1. The van der Waals surface area contributed by atoms with Gasteiger partial charge in [-0.25, -0.2) is 14.5 Å². The number of hydrogen-bond acceptors (Lipinski definition) is 6. The van der Waals surface area contributed by atoms with E-state index in [4.69, 9.17) is 5.11 Å². The van der Waals surface area contributed by atoms with E-state index < -0.39 is 18.3 Å². The Balaban J connectivity index is 2.46. The second-order valence-electron chi connectivity index (χ2n) is 2.44. The van der Waals surface area contributed by atoms with Gasteiger partial charge in [-0.15, -0.1) is 0 Å². The highest BCUT2D eigenvalue weighted by Crippen LogP contribution is 2.02. The maximum Gasteiger partial charge on any atom is 0.558 e. The quantitative estimate of drug-likeness (QED) is 0.336. The summed E-state index contributed by atoms with van der Waals surface area (Å²) in [6, 6.07) is 7.62. The van der Waals surface area contributed by atoms with Crippen LogP contribution in [0, 0.1) is 0 Å². The highest BCUT2D eigenvalue weighted by atomic mass is 17.3. The minimum atomic E-state index is -1.83. The van der Waals surface area contributed by atoms with Crippen LogP contribution in [-0.4, -0.2) is 23.4 Å². The predicted molar refractivity (Wildman–Crippen MR) is 47.4 cm³/mol. The highest BCUT2D eigenvalue weighted by Gasteiger charge is 2.16. The number of benzene rings is 1. The lowest BCUT2D eigenvalue weighted by atomic mass is 10.2. The summed E-state index contributed by atoms with van der Waals surface area (Å²) in [6.45, 7) is 0. The summed E-state index contributed by atoms with van der Waals surface area (Å²) in [4.78, 5) is 38.7. The summed E-state index contributed by atoms with van der Waals surface area (Å²) in [7, 11) is 0. The van der Waals surface area contributed by atoms with Gasteiger partial charge in [0.2, 0.25) is 0 Å². The van der Waals surface area contributed by atoms with Gasteiger partial charge in [0, 0.05) is 0 Å². The Morgan fingerprint density at radius 2 is 1.62 bits per heavy atom. The molecule has 84 valence electrons. The van der Waals surface area contributed by atoms with Gasteiger partial charge in [-0.1, -0.05) is 18.2 Å². The van der Waals surface area contributed by atoms with Crippen LogP contribution in [0.2, 0.25) is 0 Å². The first-order valence-electron chi connectivity index (χ1n) is 3.98. The zero-order valence-corrected chi connectivity index (χ0v) is 7.78. The molecule has 0 atom stereocenters. The van der Waals surface area contributed by atoms with Crippen LogP contribution in [-0.2, 0) is 14.5 Å². The Labute approximate surface area is 89.1 Å². The van der Waals surface area contributed by atoms with Gasteiger partial charge >= 0.3 is 18.3 Å². The van der Waals surface area contributed by atoms with Crippen LogP contribution in [0.3, 0.4) is 0 Å². The maximum absolute atomic E-state index is 11.2. The minimum Gasteiger partial charge on any atom is -0.447 e. The van der Waals surface area contributed by atoms with Crippen LogP contribution in [0.5, 0.6) is 0 Å². The van der Waals surface area contributed by atoms with Gasteiger partial charge in [-0.2, -0.15) is 9.68 Å². The predicted octanol–water partition coefficient (Wildman–Crippen LogP) is 1.59. The van der Waals surface area contributed by atoms with Crippen molar-refractivity contribution in [3.63, 3.8) is 0 Å². The number of carboxylic acid groups (broad SMARTS) is 1. The van der Waals surface area contributed by atoms with E-state index in [2.05, 4.69) is 14.5 Å². The summed E-state index contributed by atoms with van der Waals surface area (Å²) < 4.78 is 4.10. The second kappa shape index (κ2) is 5.35. The molecule has 0 bridgehead atoms. The number of esters is 1. The van der Waals surface area contributed by atoms with Crippen molar-refractivity contribution < 1.29 is 34.0 Å². The molecule has 1 aromatic carbocycles. The van der Waals surface area contributed by atoms with Crippen molar-refractivity contribution in [1.82, 2.24) is 0 Å². The molecule has 0 aromatic heterocycles. The van der Waals surface area contributed by atoms with E-state index in [1.807, 2.05) is 0 Å². The Kier molecular flexibility index (Phi) is 3.84. The molecule has 0 unspecified atom stereocenters. The molecule has 0 spiro atoms. The first-order valence-corrected chi connectivity index (χ1v) is 3.98. The number of carbonyl (C=O) groups is 3. The van der Waals surface area contributed by atoms with Gasteiger partial charge in [-0.3, -0.25) is 0 Å².